The zero-order valence-corrected chi connectivity index (χ0v) is 10.9. The summed E-state index contributed by atoms with van der Waals surface area (Å²) in [5.74, 6) is -0.423. The monoisotopic (exact) mass is 291 g/mol. The molecule has 20 heavy (non-hydrogen) atoms. The maximum atomic E-state index is 12.1. The van der Waals surface area contributed by atoms with Gasteiger partial charge in [0.1, 0.15) is 0 Å². The molecule has 1 aromatic rings. The number of carbonyl (C=O) groups excluding carboxylic acids is 1. The molecular weight excluding hydrogens is 275 g/mol. The molecule has 1 atom stereocenters. The van der Waals surface area contributed by atoms with Crippen molar-refractivity contribution in [2.45, 2.75) is 25.2 Å². The van der Waals surface area contributed by atoms with Gasteiger partial charge in [-0.2, -0.15) is 13.2 Å². The molecule has 0 aliphatic rings. The number of halogens is 3. The molecule has 0 bridgehead atoms. The number of aliphatic hydroxyl groups is 1. The van der Waals surface area contributed by atoms with Crippen LogP contribution in [0.3, 0.4) is 0 Å². The van der Waals surface area contributed by atoms with Crippen LogP contribution in [0.1, 0.15) is 11.1 Å². The van der Waals surface area contributed by atoms with Crippen LogP contribution in [0.4, 0.5) is 13.2 Å². The molecule has 0 saturated carbocycles. The average molecular weight is 291 g/mol. The van der Waals surface area contributed by atoms with Crippen LogP contribution in [0.2, 0.25) is 0 Å². The van der Waals surface area contributed by atoms with E-state index >= 15 is 0 Å². The number of ether oxygens (including phenoxy) is 1. The van der Waals surface area contributed by atoms with Crippen LogP contribution in [0.15, 0.2) is 24.3 Å². The minimum absolute atomic E-state index is 0.0518. The van der Waals surface area contributed by atoms with Crippen molar-refractivity contribution in [3.05, 3.63) is 35.4 Å². The van der Waals surface area contributed by atoms with E-state index < -0.39 is 24.8 Å². The van der Waals surface area contributed by atoms with Gasteiger partial charge in [-0.15, -0.1) is 0 Å². The Morgan fingerprint density at radius 2 is 1.95 bits per heavy atom. The van der Waals surface area contributed by atoms with Gasteiger partial charge in [0.05, 0.1) is 13.5 Å². The summed E-state index contributed by atoms with van der Waals surface area (Å²) in [5.41, 5.74) is 1.36. The normalized spacial score (nSPS) is 13.1. The van der Waals surface area contributed by atoms with E-state index in [0.717, 1.165) is 0 Å². The number of nitrogens with one attached hydrogen (secondary N) is 1. The van der Waals surface area contributed by atoms with E-state index in [4.69, 9.17) is 5.11 Å². The number of hydrogen-bond donors (Lipinski definition) is 2. The van der Waals surface area contributed by atoms with Crippen molar-refractivity contribution in [3.8, 4) is 0 Å². The van der Waals surface area contributed by atoms with E-state index in [-0.39, 0.29) is 13.0 Å². The molecule has 0 spiro atoms. The zero-order chi connectivity index (χ0) is 15.2. The van der Waals surface area contributed by atoms with Gasteiger partial charge >= 0.3 is 12.1 Å². The van der Waals surface area contributed by atoms with Crippen molar-refractivity contribution in [1.82, 2.24) is 5.32 Å². The maximum absolute atomic E-state index is 12.1. The lowest BCUT2D eigenvalue weighted by atomic mass is 10.0. The maximum Gasteiger partial charge on any atom is 0.415 e. The highest BCUT2D eigenvalue weighted by molar-refractivity contribution is 5.72. The van der Waals surface area contributed by atoms with E-state index in [9.17, 15) is 18.0 Å². The summed E-state index contributed by atoms with van der Waals surface area (Å²) in [7, 11) is 1.27. The zero-order valence-electron chi connectivity index (χ0n) is 10.9. The topological polar surface area (TPSA) is 58.6 Å². The van der Waals surface area contributed by atoms with Crippen LogP contribution in [-0.4, -0.2) is 37.0 Å². The number of esters is 1. The van der Waals surface area contributed by atoms with E-state index in [2.05, 4.69) is 10.1 Å². The van der Waals surface area contributed by atoms with Gasteiger partial charge in [-0.05, 0) is 11.1 Å². The van der Waals surface area contributed by atoms with E-state index in [1.165, 1.54) is 7.11 Å². The lowest BCUT2D eigenvalue weighted by Crippen LogP contribution is -2.38. The Morgan fingerprint density at radius 1 is 1.35 bits per heavy atom. The predicted octanol–water partition coefficient (Wildman–Crippen LogP) is 1.41. The molecule has 0 amide bonds. The molecule has 7 heteroatoms. The Morgan fingerprint density at radius 3 is 2.50 bits per heavy atom. The van der Waals surface area contributed by atoms with E-state index in [1.807, 2.05) is 0 Å². The molecular formula is C13H16F3NO3. The lowest BCUT2D eigenvalue weighted by molar-refractivity contribution is -0.201. The highest BCUT2D eigenvalue weighted by atomic mass is 19.4. The summed E-state index contributed by atoms with van der Waals surface area (Å²) in [5, 5.41) is 11.4. The number of carbonyl (C=O) groups is 1. The van der Waals surface area contributed by atoms with Crippen LogP contribution in [0.5, 0.6) is 0 Å². The van der Waals surface area contributed by atoms with Gasteiger partial charge in [0.15, 0.2) is 6.10 Å². The summed E-state index contributed by atoms with van der Waals surface area (Å²) < 4.78 is 40.9. The van der Waals surface area contributed by atoms with Crippen LogP contribution in [-0.2, 0) is 22.5 Å². The van der Waals surface area contributed by atoms with Crippen molar-refractivity contribution < 1.29 is 27.8 Å². The van der Waals surface area contributed by atoms with Crippen LogP contribution in [0.25, 0.3) is 0 Å². The Hall–Kier alpha value is -1.60. The average Bonchev–Trinajstić information content (AvgIpc) is 2.39. The summed E-state index contributed by atoms with van der Waals surface area (Å²) >= 11 is 0. The number of benzene rings is 1. The largest absolute Gasteiger partial charge is 0.469 e. The van der Waals surface area contributed by atoms with Crippen LogP contribution < -0.4 is 5.32 Å². The molecule has 4 nitrogen and oxygen atoms in total. The first-order chi connectivity index (χ1) is 9.34. The van der Waals surface area contributed by atoms with Crippen LogP contribution >= 0.6 is 0 Å². The molecule has 0 aromatic heterocycles. The SMILES string of the molecule is COC(=O)Cc1ccccc1CNCC(O)C(F)(F)F. The van der Waals surface area contributed by atoms with Gasteiger partial charge in [-0.25, -0.2) is 0 Å². The van der Waals surface area contributed by atoms with Gasteiger partial charge < -0.3 is 15.2 Å². The summed E-state index contributed by atoms with van der Waals surface area (Å²) in [4.78, 5) is 11.2. The standard InChI is InChI=1S/C13H16F3NO3/c1-20-12(19)6-9-4-2-3-5-10(9)7-17-8-11(18)13(14,15)16/h2-5,11,17-18H,6-8H2,1H3. The molecule has 2 N–H and O–H groups in total. The van der Waals surface area contributed by atoms with E-state index in [1.54, 1.807) is 24.3 Å². The van der Waals surface area contributed by atoms with Crippen molar-refractivity contribution in [2.24, 2.45) is 0 Å². The molecule has 0 saturated heterocycles. The summed E-state index contributed by atoms with van der Waals surface area (Å²) in [6, 6.07) is 6.85. The number of methoxy groups -OCH3 is 1. The first-order valence-corrected chi connectivity index (χ1v) is 5.93. The van der Waals surface area contributed by atoms with Crippen molar-refractivity contribution in [1.29, 1.82) is 0 Å². The number of aliphatic hydroxyl groups excluding tert-OH is 1. The number of hydrogen-bond acceptors (Lipinski definition) is 4. The molecule has 0 heterocycles. The van der Waals surface area contributed by atoms with Gasteiger partial charge in [-0.3, -0.25) is 4.79 Å². The van der Waals surface area contributed by atoms with Gasteiger partial charge in [0.25, 0.3) is 0 Å². The molecule has 112 valence electrons. The van der Waals surface area contributed by atoms with Crippen molar-refractivity contribution in [2.75, 3.05) is 13.7 Å². The number of rotatable bonds is 6. The third-order valence-electron chi connectivity index (χ3n) is 2.71. The second-order valence-electron chi connectivity index (χ2n) is 4.21. The highest BCUT2D eigenvalue weighted by Gasteiger charge is 2.37. The summed E-state index contributed by atoms with van der Waals surface area (Å²) in [6.45, 7) is -0.476. The van der Waals surface area contributed by atoms with Crippen LogP contribution in [0, 0.1) is 0 Å². The molecule has 0 radical (unpaired) electrons. The second kappa shape index (κ2) is 7.25. The minimum atomic E-state index is -4.64. The Kier molecular flexibility index (Phi) is 5.97. The van der Waals surface area contributed by atoms with Gasteiger partial charge in [0.2, 0.25) is 0 Å². The van der Waals surface area contributed by atoms with Crippen molar-refractivity contribution >= 4 is 5.97 Å². The van der Waals surface area contributed by atoms with Crippen molar-refractivity contribution in [3.63, 3.8) is 0 Å². The molecule has 1 rings (SSSR count). The number of alkyl halides is 3. The first-order valence-electron chi connectivity index (χ1n) is 5.93. The Labute approximate surface area is 114 Å². The smallest absolute Gasteiger partial charge is 0.415 e. The first kappa shape index (κ1) is 16.5. The fourth-order valence-corrected chi connectivity index (χ4v) is 1.59. The highest BCUT2D eigenvalue weighted by Crippen LogP contribution is 2.19. The molecule has 1 unspecified atom stereocenters. The lowest BCUT2D eigenvalue weighted by Gasteiger charge is -2.16. The third-order valence-corrected chi connectivity index (χ3v) is 2.71. The Balaban J connectivity index is 2.58. The fourth-order valence-electron chi connectivity index (χ4n) is 1.59. The second-order valence-corrected chi connectivity index (χ2v) is 4.21. The predicted molar refractivity (Wildman–Crippen MR) is 65.9 cm³/mol. The minimum Gasteiger partial charge on any atom is -0.469 e. The Bertz CT molecular complexity index is 449. The molecule has 0 aliphatic heterocycles. The third kappa shape index (κ3) is 5.18. The fraction of sp³-hybridized carbons (Fsp3) is 0.462. The molecule has 0 aliphatic carbocycles. The quantitative estimate of drug-likeness (QED) is 0.778. The van der Waals surface area contributed by atoms with Gasteiger partial charge in [0, 0.05) is 13.1 Å². The molecule has 1 aromatic carbocycles. The summed E-state index contributed by atoms with van der Waals surface area (Å²) in [6.07, 6.45) is -7.00. The van der Waals surface area contributed by atoms with E-state index in [0.29, 0.717) is 11.1 Å². The van der Waals surface area contributed by atoms with Gasteiger partial charge in [-0.1, -0.05) is 24.3 Å². The molecule has 0 fully saturated rings.